The highest BCUT2D eigenvalue weighted by atomic mass is 32.2. The van der Waals surface area contributed by atoms with Crippen LogP contribution in [0.25, 0.3) is 0 Å². The van der Waals surface area contributed by atoms with Crippen LogP contribution in [-0.2, 0) is 19.6 Å². The van der Waals surface area contributed by atoms with E-state index in [1.54, 1.807) is 29.2 Å². The van der Waals surface area contributed by atoms with Gasteiger partial charge in [0.1, 0.15) is 5.54 Å². The first-order valence-electron chi connectivity index (χ1n) is 11.8. The van der Waals surface area contributed by atoms with Gasteiger partial charge < -0.3 is 5.32 Å². The van der Waals surface area contributed by atoms with Crippen LogP contribution in [0.1, 0.15) is 31.2 Å². The van der Waals surface area contributed by atoms with Crippen LogP contribution < -0.4 is 10.2 Å². The zero-order chi connectivity index (χ0) is 23.9. The fourth-order valence-corrected chi connectivity index (χ4v) is 6.80. The maximum Gasteiger partial charge on any atom is 0.250 e. The molecule has 0 radical (unpaired) electrons. The minimum absolute atomic E-state index is 0.105. The molecule has 2 heterocycles. The number of piperazine rings is 1. The van der Waals surface area contributed by atoms with Gasteiger partial charge in [-0.25, -0.2) is 8.42 Å². The quantitative estimate of drug-likeness (QED) is 0.724. The van der Waals surface area contributed by atoms with Crippen molar-refractivity contribution in [3.63, 3.8) is 0 Å². The summed E-state index contributed by atoms with van der Waals surface area (Å²) in [6.07, 6.45) is 3.13. The van der Waals surface area contributed by atoms with Crippen LogP contribution in [0.5, 0.6) is 0 Å². The van der Waals surface area contributed by atoms with Crippen LogP contribution in [0, 0.1) is 6.92 Å². The van der Waals surface area contributed by atoms with Gasteiger partial charge in [0, 0.05) is 26.2 Å². The van der Waals surface area contributed by atoms with Gasteiger partial charge in [0.2, 0.25) is 15.9 Å². The molecule has 180 valence electrons. The number of para-hydroxylation sites is 2. The van der Waals surface area contributed by atoms with Crippen molar-refractivity contribution in [2.75, 3.05) is 42.9 Å². The molecule has 9 heteroatoms. The molecule has 3 aliphatic rings. The number of amides is 2. The highest BCUT2D eigenvalue weighted by Gasteiger charge is 2.52. The van der Waals surface area contributed by atoms with Crippen LogP contribution in [-0.4, -0.2) is 67.7 Å². The van der Waals surface area contributed by atoms with Gasteiger partial charge in [0.05, 0.1) is 22.8 Å². The van der Waals surface area contributed by atoms with Gasteiger partial charge in [-0.2, -0.15) is 4.31 Å². The predicted molar refractivity (Wildman–Crippen MR) is 130 cm³/mol. The molecule has 34 heavy (non-hydrogen) atoms. The molecule has 2 aromatic carbocycles. The van der Waals surface area contributed by atoms with E-state index in [4.69, 9.17) is 0 Å². The molecule has 8 nitrogen and oxygen atoms in total. The molecule has 2 amide bonds. The lowest BCUT2D eigenvalue weighted by Crippen LogP contribution is -2.62. The zero-order valence-electron chi connectivity index (χ0n) is 19.4. The number of carbonyl (C=O) groups is 2. The van der Waals surface area contributed by atoms with Gasteiger partial charge in [0.25, 0.3) is 5.91 Å². The molecular weight excluding hydrogens is 452 g/mol. The van der Waals surface area contributed by atoms with E-state index >= 15 is 0 Å². The molecule has 1 saturated carbocycles. The summed E-state index contributed by atoms with van der Waals surface area (Å²) in [5.41, 5.74) is 1.58. The van der Waals surface area contributed by atoms with E-state index in [9.17, 15) is 18.0 Å². The molecule has 0 aromatic heterocycles. The predicted octanol–water partition coefficient (Wildman–Crippen LogP) is 2.60. The van der Waals surface area contributed by atoms with Gasteiger partial charge in [-0.05, 0) is 44.0 Å². The first-order valence-corrected chi connectivity index (χ1v) is 13.3. The molecule has 0 unspecified atom stereocenters. The monoisotopic (exact) mass is 482 g/mol. The number of sulfonamides is 1. The summed E-state index contributed by atoms with van der Waals surface area (Å²) in [6, 6.07) is 14.3. The average Bonchev–Trinajstić information content (AvgIpc) is 3.31. The Bertz CT molecular complexity index is 1200. The summed E-state index contributed by atoms with van der Waals surface area (Å²) in [7, 11) is -3.56. The smallest absolute Gasteiger partial charge is 0.250 e. The van der Waals surface area contributed by atoms with Crippen molar-refractivity contribution in [3.05, 3.63) is 54.1 Å². The molecule has 1 spiro atoms. The van der Waals surface area contributed by atoms with E-state index in [0.717, 1.165) is 24.1 Å². The van der Waals surface area contributed by atoms with Crippen molar-refractivity contribution in [2.24, 2.45) is 0 Å². The molecule has 2 aliphatic heterocycles. The van der Waals surface area contributed by atoms with E-state index < -0.39 is 15.6 Å². The lowest BCUT2D eigenvalue weighted by molar-refractivity contribution is -0.128. The highest BCUT2D eigenvalue weighted by Crippen LogP contribution is 2.45. The van der Waals surface area contributed by atoms with Gasteiger partial charge in [-0.3, -0.25) is 19.4 Å². The zero-order valence-corrected chi connectivity index (χ0v) is 20.2. The maximum absolute atomic E-state index is 13.6. The van der Waals surface area contributed by atoms with E-state index in [1.165, 1.54) is 4.31 Å². The van der Waals surface area contributed by atoms with E-state index in [1.807, 2.05) is 36.1 Å². The van der Waals surface area contributed by atoms with Crippen LogP contribution in [0.4, 0.5) is 11.4 Å². The summed E-state index contributed by atoms with van der Waals surface area (Å²) in [5.74, 6) is -0.217. The third kappa shape index (κ3) is 3.91. The Morgan fingerprint density at radius 3 is 2.29 bits per heavy atom. The molecule has 1 aliphatic carbocycles. The molecule has 0 bridgehead atoms. The second kappa shape index (κ2) is 8.79. The first-order chi connectivity index (χ1) is 16.3. The van der Waals surface area contributed by atoms with Crippen molar-refractivity contribution in [2.45, 2.75) is 43.0 Å². The van der Waals surface area contributed by atoms with Crippen molar-refractivity contribution < 1.29 is 18.0 Å². The minimum atomic E-state index is -3.56. The van der Waals surface area contributed by atoms with Crippen molar-refractivity contribution in [1.82, 2.24) is 9.21 Å². The summed E-state index contributed by atoms with van der Waals surface area (Å²) in [6.45, 7) is 3.66. The van der Waals surface area contributed by atoms with Crippen LogP contribution in [0.2, 0.25) is 0 Å². The summed E-state index contributed by atoms with van der Waals surface area (Å²) < 4.78 is 27.5. The maximum atomic E-state index is 13.6. The Balaban J connectivity index is 1.30. The number of hydrogen-bond acceptors (Lipinski definition) is 5. The molecule has 1 saturated heterocycles. The SMILES string of the molecule is Cc1ccc(S(=O)(=O)N2CCN(CC(=O)N3c4ccccc4NC(=O)C34CCCC4)CC2)cc1. The van der Waals surface area contributed by atoms with Gasteiger partial charge >= 0.3 is 0 Å². The van der Waals surface area contributed by atoms with Crippen molar-refractivity contribution in [1.29, 1.82) is 0 Å². The topological polar surface area (TPSA) is 90.0 Å². The lowest BCUT2D eigenvalue weighted by atomic mass is 9.89. The normalized spacial score (nSPS) is 20.9. The average molecular weight is 483 g/mol. The Hall–Kier alpha value is -2.75. The second-order valence-electron chi connectivity index (χ2n) is 9.43. The van der Waals surface area contributed by atoms with E-state index in [2.05, 4.69) is 5.32 Å². The third-order valence-corrected chi connectivity index (χ3v) is 9.19. The minimum Gasteiger partial charge on any atom is -0.322 e. The molecule has 2 aromatic rings. The number of nitrogens with zero attached hydrogens (tertiary/aromatic N) is 3. The number of benzene rings is 2. The largest absolute Gasteiger partial charge is 0.322 e. The summed E-state index contributed by atoms with van der Waals surface area (Å²) >= 11 is 0. The van der Waals surface area contributed by atoms with Crippen LogP contribution in [0.15, 0.2) is 53.4 Å². The Morgan fingerprint density at radius 2 is 1.62 bits per heavy atom. The van der Waals surface area contributed by atoms with Gasteiger partial charge in [-0.1, -0.05) is 42.7 Å². The summed E-state index contributed by atoms with van der Waals surface area (Å²) in [5, 5.41) is 3.00. The number of fused-ring (bicyclic) bond motifs is 1. The fourth-order valence-electron chi connectivity index (χ4n) is 5.38. The highest BCUT2D eigenvalue weighted by molar-refractivity contribution is 7.89. The summed E-state index contributed by atoms with van der Waals surface area (Å²) in [4.78, 5) is 30.8. The number of anilines is 2. The molecule has 5 rings (SSSR count). The van der Waals surface area contributed by atoms with E-state index in [0.29, 0.717) is 49.6 Å². The second-order valence-corrected chi connectivity index (χ2v) is 11.4. The molecule has 0 atom stereocenters. The number of carbonyl (C=O) groups excluding carboxylic acids is 2. The van der Waals surface area contributed by atoms with Crippen LogP contribution >= 0.6 is 0 Å². The Kier molecular flexibility index (Phi) is 5.95. The number of rotatable bonds is 4. The fraction of sp³-hybridized carbons (Fsp3) is 0.440. The number of hydrogen-bond donors (Lipinski definition) is 1. The lowest BCUT2D eigenvalue weighted by Gasteiger charge is -2.45. The molecular formula is C25H30N4O4S. The molecule has 2 fully saturated rings. The Labute approximate surface area is 200 Å². The van der Waals surface area contributed by atoms with Gasteiger partial charge in [0.15, 0.2) is 0 Å². The number of nitrogens with one attached hydrogen (secondary N) is 1. The van der Waals surface area contributed by atoms with Gasteiger partial charge in [-0.15, -0.1) is 0 Å². The van der Waals surface area contributed by atoms with Crippen LogP contribution in [0.3, 0.4) is 0 Å². The number of aryl methyl sites for hydroxylation is 1. The standard InChI is InChI=1S/C25H30N4O4S/c1-19-8-10-20(11-9-19)34(32,33)28-16-14-27(15-17-28)18-23(30)29-22-7-3-2-6-21(22)26-24(31)25(29)12-4-5-13-25/h2-3,6-11H,4-5,12-18H2,1H3,(H,26,31). The molecule has 1 N–H and O–H groups in total. The van der Waals surface area contributed by atoms with E-state index in [-0.39, 0.29) is 18.4 Å². The third-order valence-electron chi connectivity index (χ3n) is 7.27. The van der Waals surface area contributed by atoms with Crippen molar-refractivity contribution in [3.8, 4) is 0 Å². The Morgan fingerprint density at radius 1 is 0.971 bits per heavy atom. The first kappa shape index (κ1) is 23.0. The van der Waals surface area contributed by atoms with Crippen molar-refractivity contribution >= 4 is 33.2 Å².